The van der Waals surface area contributed by atoms with Crippen molar-refractivity contribution in [3.63, 3.8) is 0 Å². The summed E-state index contributed by atoms with van der Waals surface area (Å²) in [6, 6.07) is 11.4. The number of aromatic hydroxyl groups is 1. The number of anilines is 1. The number of alkyl halides is 3. The van der Waals surface area contributed by atoms with Crippen molar-refractivity contribution in [2.24, 2.45) is 0 Å². The second-order valence-corrected chi connectivity index (χ2v) is 9.23. The van der Waals surface area contributed by atoms with Gasteiger partial charge >= 0.3 is 6.36 Å². The maximum absolute atomic E-state index is 12.9. The van der Waals surface area contributed by atoms with Gasteiger partial charge in [-0.05, 0) is 72.9 Å². The number of hydrogen-bond donors (Lipinski definition) is 3. The Morgan fingerprint density at radius 3 is 2.49 bits per heavy atom. The lowest BCUT2D eigenvalue weighted by Crippen LogP contribution is -2.38. The Bertz CT molecular complexity index is 1530. The van der Waals surface area contributed by atoms with E-state index in [1.54, 1.807) is 17.2 Å². The van der Waals surface area contributed by atoms with Crippen LogP contribution in [0.2, 0.25) is 0 Å². The molecule has 3 N–H and O–H groups in total. The van der Waals surface area contributed by atoms with Gasteiger partial charge in [-0.1, -0.05) is 0 Å². The molecule has 1 aliphatic rings. The van der Waals surface area contributed by atoms with Crippen molar-refractivity contribution in [3.8, 4) is 22.9 Å². The number of phenolic OH excluding ortho intramolecular Hbond substituents is 1. The molecular formula is C27H24F3N5O4. The lowest BCUT2D eigenvalue weighted by molar-refractivity contribution is -0.274. The van der Waals surface area contributed by atoms with Crippen molar-refractivity contribution in [1.82, 2.24) is 19.9 Å². The van der Waals surface area contributed by atoms with E-state index in [0.717, 1.165) is 17.7 Å². The molecule has 4 aromatic rings. The van der Waals surface area contributed by atoms with Crippen molar-refractivity contribution in [3.05, 3.63) is 65.9 Å². The molecule has 0 atom stereocenters. The van der Waals surface area contributed by atoms with Crippen LogP contribution < -0.4 is 10.1 Å². The van der Waals surface area contributed by atoms with Crippen molar-refractivity contribution in [1.29, 1.82) is 0 Å². The first-order chi connectivity index (χ1) is 18.6. The summed E-state index contributed by atoms with van der Waals surface area (Å²) in [6.45, 7) is 2.32. The van der Waals surface area contributed by atoms with E-state index >= 15 is 0 Å². The average Bonchev–Trinajstić information content (AvgIpc) is 3.33. The lowest BCUT2D eigenvalue weighted by atomic mass is 9.89. The number of piperidine rings is 1. The van der Waals surface area contributed by atoms with Crippen molar-refractivity contribution in [2.45, 2.75) is 32.0 Å². The van der Waals surface area contributed by atoms with Gasteiger partial charge in [0.25, 0.3) is 5.91 Å². The third-order valence-electron chi connectivity index (χ3n) is 6.54. The Labute approximate surface area is 220 Å². The number of H-pyrrole nitrogens is 1. The van der Waals surface area contributed by atoms with E-state index in [2.05, 4.69) is 20.0 Å². The fraction of sp³-hybridized carbons (Fsp3) is 0.259. The van der Waals surface area contributed by atoms with E-state index in [1.165, 1.54) is 31.2 Å². The zero-order chi connectivity index (χ0) is 27.7. The van der Waals surface area contributed by atoms with E-state index in [-0.39, 0.29) is 34.8 Å². The number of aromatic nitrogens is 3. The Kier molecular flexibility index (Phi) is 6.85. The second-order valence-electron chi connectivity index (χ2n) is 9.23. The fourth-order valence-corrected chi connectivity index (χ4v) is 4.79. The number of amides is 2. The minimum Gasteiger partial charge on any atom is -0.508 e. The third kappa shape index (κ3) is 5.79. The predicted molar refractivity (Wildman–Crippen MR) is 136 cm³/mol. The van der Waals surface area contributed by atoms with Crippen LogP contribution in [0, 0.1) is 0 Å². The van der Waals surface area contributed by atoms with Crippen LogP contribution in [0.25, 0.3) is 22.6 Å². The first-order valence-corrected chi connectivity index (χ1v) is 12.2. The largest absolute Gasteiger partial charge is 0.573 e. The number of imidazole rings is 1. The van der Waals surface area contributed by atoms with Gasteiger partial charge in [-0.3, -0.25) is 9.59 Å². The first-order valence-electron chi connectivity index (χ1n) is 12.2. The quantitative estimate of drug-likeness (QED) is 0.300. The van der Waals surface area contributed by atoms with Crippen LogP contribution in [0.1, 0.15) is 41.6 Å². The Balaban J connectivity index is 1.32. The third-order valence-corrected chi connectivity index (χ3v) is 6.54. The van der Waals surface area contributed by atoms with Gasteiger partial charge in [0.1, 0.15) is 22.8 Å². The fourth-order valence-electron chi connectivity index (χ4n) is 4.79. The van der Waals surface area contributed by atoms with Crippen LogP contribution in [0.15, 0.2) is 54.7 Å². The van der Waals surface area contributed by atoms with E-state index in [9.17, 15) is 27.9 Å². The minimum atomic E-state index is -4.79. The molecule has 2 aromatic carbocycles. The monoisotopic (exact) mass is 539 g/mol. The van der Waals surface area contributed by atoms with Gasteiger partial charge in [0.05, 0.1) is 5.69 Å². The van der Waals surface area contributed by atoms with Crippen molar-refractivity contribution in [2.75, 3.05) is 18.4 Å². The number of likely N-dealkylation sites (tertiary alicyclic amines) is 1. The van der Waals surface area contributed by atoms with E-state index in [1.807, 2.05) is 6.07 Å². The Morgan fingerprint density at radius 2 is 1.82 bits per heavy atom. The highest BCUT2D eigenvalue weighted by Gasteiger charge is 2.31. The molecule has 1 aliphatic heterocycles. The summed E-state index contributed by atoms with van der Waals surface area (Å²) < 4.78 is 41.1. The normalized spacial score (nSPS) is 14.4. The summed E-state index contributed by atoms with van der Waals surface area (Å²) in [5, 5.41) is 12.8. The number of carbonyl (C=O) groups excluding carboxylic acids is 2. The standard InChI is InChI=1S/C27H24F3N5O4/c1-15(36)32-22-7-4-18(37)14-21(22)24-33-23-20(8-11-31-25(23)34-24)16-9-12-35(13-10-16)26(38)17-2-5-19(6-3-17)39-27(28,29)30/h2-8,11,14,16,37H,9-10,12-13H2,1H3,(H,32,36)(H,31,33,34). The molecule has 0 radical (unpaired) electrons. The van der Waals surface area contributed by atoms with Crippen LogP contribution in [-0.4, -0.2) is 56.2 Å². The van der Waals surface area contributed by atoms with Crippen LogP contribution in [0.3, 0.4) is 0 Å². The predicted octanol–water partition coefficient (Wildman–Crippen LogP) is 5.21. The van der Waals surface area contributed by atoms with Gasteiger partial charge in [-0.25, -0.2) is 9.97 Å². The van der Waals surface area contributed by atoms with Crippen molar-refractivity contribution >= 4 is 28.7 Å². The van der Waals surface area contributed by atoms with E-state index < -0.39 is 6.36 Å². The number of aromatic amines is 1. The van der Waals surface area contributed by atoms with E-state index in [4.69, 9.17) is 4.98 Å². The van der Waals surface area contributed by atoms with Gasteiger partial charge in [0.15, 0.2) is 5.65 Å². The summed E-state index contributed by atoms with van der Waals surface area (Å²) in [5.74, 6) is -0.348. The highest BCUT2D eigenvalue weighted by molar-refractivity contribution is 5.95. The smallest absolute Gasteiger partial charge is 0.508 e. The molecule has 0 saturated carbocycles. The zero-order valence-electron chi connectivity index (χ0n) is 20.7. The van der Waals surface area contributed by atoms with Gasteiger partial charge in [-0.15, -0.1) is 13.2 Å². The summed E-state index contributed by atoms with van der Waals surface area (Å²) in [4.78, 5) is 38.6. The Morgan fingerprint density at radius 1 is 1.10 bits per heavy atom. The molecule has 0 unspecified atom stereocenters. The molecule has 2 amide bonds. The van der Waals surface area contributed by atoms with Crippen LogP contribution in [-0.2, 0) is 4.79 Å². The number of fused-ring (bicyclic) bond motifs is 1. The highest BCUT2D eigenvalue weighted by Crippen LogP contribution is 2.35. The molecule has 0 bridgehead atoms. The molecule has 5 rings (SSSR count). The maximum atomic E-state index is 12.9. The highest BCUT2D eigenvalue weighted by atomic mass is 19.4. The summed E-state index contributed by atoms with van der Waals surface area (Å²) in [6.07, 6.45) is -1.80. The van der Waals surface area contributed by atoms with Gasteiger partial charge in [0, 0.05) is 37.3 Å². The number of carbonyl (C=O) groups is 2. The van der Waals surface area contributed by atoms with Gasteiger partial charge < -0.3 is 25.0 Å². The number of phenols is 1. The molecule has 1 saturated heterocycles. The first kappa shape index (κ1) is 26.0. The summed E-state index contributed by atoms with van der Waals surface area (Å²) in [7, 11) is 0. The molecule has 1 fully saturated rings. The molecule has 0 spiro atoms. The second kappa shape index (κ2) is 10.3. The number of hydrogen-bond acceptors (Lipinski definition) is 6. The lowest BCUT2D eigenvalue weighted by Gasteiger charge is -2.32. The van der Waals surface area contributed by atoms with Gasteiger partial charge in [0.2, 0.25) is 5.91 Å². The van der Waals surface area contributed by atoms with Crippen LogP contribution in [0.5, 0.6) is 11.5 Å². The molecule has 12 heteroatoms. The number of rotatable bonds is 5. The summed E-state index contributed by atoms with van der Waals surface area (Å²) in [5.41, 5.74) is 3.47. The summed E-state index contributed by atoms with van der Waals surface area (Å²) >= 11 is 0. The zero-order valence-corrected chi connectivity index (χ0v) is 20.7. The molecule has 0 aliphatic carbocycles. The molecule has 39 heavy (non-hydrogen) atoms. The van der Waals surface area contributed by atoms with Crippen LogP contribution >= 0.6 is 0 Å². The topological polar surface area (TPSA) is 120 Å². The maximum Gasteiger partial charge on any atom is 0.573 e. The number of nitrogens with zero attached hydrogens (tertiary/aromatic N) is 3. The van der Waals surface area contributed by atoms with Crippen LogP contribution in [0.4, 0.5) is 18.9 Å². The Hall–Kier alpha value is -4.61. The number of halogens is 3. The van der Waals surface area contributed by atoms with E-state index in [0.29, 0.717) is 54.2 Å². The molecule has 2 aromatic heterocycles. The van der Waals surface area contributed by atoms with Crippen molar-refractivity contribution < 1.29 is 32.6 Å². The minimum absolute atomic E-state index is 0.0206. The molecule has 202 valence electrons. The van der Waals surface area contributed by atoms with Gasteiger partial charge in [-0.2, -0.15) is 0 Å². The molecule has 3 heterocycles. The number of nitrogens with one attached hydrogen (secondary N) is 2. The number of ether oxygens (including phenoxy) is 1. The number of benzene rings is 2. The molecular weight excluding hydrogens is 515 g/mol. The average molecular weight is 540 g/mol. The molecule has 9 nitrogen and oxygen atoms in total. The SMILES string of the molecule is CC(=O)Nc1ccc(O)cc1-c1nc2c(C3CCN(C(=O)c4ccc(OC(F)(F)F)cc4)CC3)ccnc2[nH]1. The number of pyridine rings is 1.